The quantitative estimate of drug-likeness (QED) is 0.810. The van der Waals surface area contributed by atoms with Gasteiger partial charge in [-0.3, -0.25) is 4.68 Å². The molecule has 1 aliphatic rings. The Kier molecular flexibility index (Phi) is 5.24. The zero-order valence-electron chi connectivity index (χ0n) is 11.9. The molecule has 0 aliphatic heterocycles. The predicted molar refractivity (Wildman–Crippen MR) is 75.4 cm³/mol. The van der Waals surface area contributed by atoms with Crippen LogP contribution in [0.4, 0.5) is 0 Å². The van der Waals surface area contributed by atoms with E-state index in [1.54, 1.807) is 0 Å². The van der Waals surface area contributed by atoms with Gasteiger partial charge < -0.3 is 5.32 Å². The maximum absolute atomic E-state index is 4.62. The van der Waals surface area contributed by atoms with Gasteiger partial charge in [0.2, 0.25) is 0 Å². The molecule has 2 rings (SSSR count). The summed E-state index contributed by atoms with van der Waals surface area (Å²) in [6.45, 7) is 3.33. The lowest BCUT2D eigenvalue weighted by Crippen LogP contribution is -2.29. The van der Waals surface area contributed by atoms with Crippen molar-refractivity contribution in [2.45, 2.75) is 57.9 Å². The Morgan fingerprint density at radius 2 is 2.06 bits per heavy atom. The van der Waals surface area contributed by atoms with Crippen molar-refractivity contribution < 1.29 is 0 Å². The van der Waals surface area contributed by atoms with Crippen LogP contribution in [-0.2, 0) is 7.05 Å². The van der Waals surface area contributed by atoms with Crippen LogP contribution in [-0.4, -0.2) is 16.3 Å². The molecule has 1 saturated carbocycles. The van der Waals surface area contributed by atoms with Gasteiger partial charge in [-0.25, -0.2) is 0 Å². The summed E-state index contributed by atoms with van der Waals surface area (Å²) in [5.74, 6) is 0.772. The van der Waals surface area contributed by atoms with Crippen LogP contribution in [0, 0.1) is 5.92 Å². The third-order valence-electron chi connectivity index (χ3n) is 4.04. The molecule has 1 aromatic rings. The zero-order valence-corrected chi connectivity index (χ0v) is 11.9. The molecule has 1 atom stereocenters. The predicted octanol–water partition coefficient (Wildman–Crippen LogP) is 3.43. The van der Waals surface area contributed by atoms with E-state index < -0.39 is 0 Å². The van der Waals surface area contributed by atoms with Crippen LogP contribution in [0.1, 0.15) is 63.6 Å². The third kappa shape index (κ3) is 3.58. The molecule has 1 heterocycles. The second kappa shape index (κ2) is 6.93. The molecule has 0 bridgehead atoms. The summed E-state index contributed by atoms with van der Waals surface area (Å²) in [5.41, 5.74) is 1.23. The summed E-state index contributed by atoms with van der Waals surface area (Å²) in [4.78, 5) is 0. The normalized spacial score (nSPS) is 19.7. The van der Waals surface area contributed by atoms with Crippen LogP contribution in [0.2, 0.25) is 0 Å². The largest absolute Gasteiger partial charge is 0.308 e. The Morgan fingerprint density at radius 3 is 2.61 bits per heavy atom. The fraction of sp³-hybridized carbons (Fsp3) is 0.800. The molecule has 3 nitrogen and oxygen atoms in total. The maximum atomic E-state index is 4.62. The topological polar surface area (TPSA) is 29.9 Å². The number of aromatic nitrogens is 2. The van der Waals surface area contributed by atoms with Crippen molar-refractivity contribution in [1.29, 1.82) is 0 Å². The highest BCUT2D eigenvalue weighted by Crippen LogP contribution is 2.32. The van der Waals surface area contributed by atoms with Crippen LogP contribution >= 0.6 is 0 Å². The van der Waals surface area contributed by atoms with Crippen molar-refractivity contribution in [1.82, 2.24) is 15.1 Å². The van der Waals surface area contributed by atoms with E-state index >= 15 is 0 Å². The molecule has 3 heteroatoms. The summed E-state index contributed by atoms with van der Waals surface area (Å²) in [5, 5.41) is 8.34. The summed E-state index contributed by atoms with van der Waals surface area (Å²) in [6, 6.07) is 2.64. The Labute approximate surface area is 111 Å². The molecular weight excluding hydrogens is 222 g/mol. The molecule has 1 aliphatic carbocycles. The van der Waals surface area contributed by atoms with Gasteiger partial charge in [0.1, 0.15) is 0 Å². The van der Waals surface area contributed by atoms with Gasteiger partial charge in [-0.1, -0.05) is 32.6 Å². The standard InChI is InChI=1S/C15H27N3/c1-3-11-16-15(14-10-12-18(2)17-14)13-8-6-4-5-7-9-13/h10,12-13,15-16H,3-9,11H2,1-2H3. The smallest absolute Gasteiger partial charge is 0.0796 e. The molecule has 0 aromatic carbocycles. The van der Waals surface area contributed by atoms with Crippen molar-refractivity contribution in [3.05, 3.63) is 18.0 Å². The van der Waals surface area contributed by atoms with Gasteiger partial charge in [-0.15, -0.1) is 0 Å². The van der Waals surface area contributed by atoms with Gasteiger partial charge in [0.15, 0.2) is 0 Å². The lowest BCUT2D eigenvalue weighted by molar-refractivity contribution is 0.318. The van der Waals surface area contributed by atoms with Gasteiger partial charge in [-0.05, 0) is 37.8 Å². The first-order valence-corrected chi connectivity index (χ1v) is 7.54. The molecule has 102 valence electrons. The van der Waals surface area contributed by atoms with Gasteiger partial charge in [0, 0.05) is 13.2 Å². The molecule has 1 unspecified atom stereocenters. The minimum Gasteiger partial charge on any atom is -0.308 e. The van der Waals surface area contributed by atoms with Gasteiger partial charge in [-0.2, -0.15) is 5.10 Å². The molecule has 1 fully saturated rings. The molecule has 0 radical (unpaired) electrons. The zero-order chi connectivity index (χ0) is 12.8. The summed E-state index contributed by atoms with van der Waals surface area (Å²) < 4.78 is 1.92. The van der Waals surface area contributed by atoms with E-state index in [9.17, 15) is 0 Å². The highest BCUT2D eigenvalue weighted by Gasteiger charge is 2.25. The van der Waals surface area contributed by atoms with Gasteiger partial charge in [0.25, 0.3) is 0 Å². The maximum Gasteiger partial charge on any atom is 0.0796 e. The monoisotopic (exact) mass is 249 g/mol. The first kappa shape index (κ1) is 13.6. The number of hydrogen-bond donors (Lipinski definition) is 1. The van der Waals surface area contributed by atoms with Crippen molar-refractivity contribution in [2.24, 2.45) is 13.0 Å². The Bertz CT molecular complexity index is 337. The number of nitrogens with zero attached hydrogens (tertiary/aromatic N) is 2. The number of rotatable bonds is 5. The first-order valence-electron chi connectivity index (χ1n) is 7.54. The van der Waals surface area contributed by atoms with Crippen molar-refractivity contribution >= 4 is 0 Å². The van der Waals surface area contributed by atoms with E-state index in [1.165, 1.54) is 50.6 Å². The third-order valence-corrected chi connectivity index (χ3v) is 4.04. The molecule has 0 spiro atoms. The second-order valence-electron chi connectivity index (χ2n) is 5.60. The first-order chi connectivity index (χ1) is 8.81. The summed E-state index contributed by atoms with van der Waals surface area (Å²) in [6.07, 6.45) is 11.6. The number of aryl methyl sites for hydroxylation is 1. The fourth-order valence-electron chi connectivity index (χ4n) is 3.06. The van der Waals surface area contributed by atoms with Crippen molar-refractivity contribution in [2.75, 3.05) is 6.54 Å². The highest BCUT2D eigenvalue weighted by atomic mass is 15.3. The van der Waals surface area contributed by atoms with E-state index in [-0.39, 0.29) is 0 Å². The lowest BCUT2D eigenvalue weighted by atomic mass is 9.89. The SMILES string of the molecule is CCCNC(c1ccn(C)n1)C1CCCCCC1. The molecule has 0 amide bonds. The minimum absolute atomic E-state index is 0.462. The second-order valence-corrected chi connectivity index (χ2v) is 5.60. The average molecular weight is 249 g/mol. The van der Waals surface area contributed by atoms with Gasteiger partial charge in [0.05, 0.1) is 11.7 Å². The van der Waals surface area contributed by atoms with Crippen molar-refractivity contribution in [3.8, 4) is 0 Å². The number of hydrogen-bond acceptors (Lipinski definition) is 2. The molecule has 1 N–H and O–H groups in total. The van der Waals surface area contributed by atoms with E-state index in [0.29, 0.717) is 6.04 Å². The Balaban J connectivity index is 2.07. The summed E-state index contributed by atoms with van der Waals surface area (Å²) in [7, 11) is 2.01. The summed E-state index contributed by atoms with van der Waals surface area (Å²) >= 11 is 0. The molecule has 0 saturated heterocycles. The Hall–Kier alpha value is -0.830. The molecule has 18 heavy (non-hydrogen) atoms. The van der Waals surface area contributed by atoms with E-state index in [0.717, 1.165) is 12.5 Å². The van der Waals surface area contributed by atoms with E-state index in [2.05, 4.69) is 29.6 Å². The van der Waals surface area contributed by atoms with Crippen LogP contribution in [0.5, 0.6) is 0 Å². The Morgan fingerprint density at radius 1 is 1.33 bits per heavy atom. The van der Waals surface area contributed by atoms with Crippen molar-refractivity contribution in [3.63, 3.8) is 0 Å². The average Bonchev–Trinajstić information content (AvgIpc) is 2.65. The van der Waals surface area contributed by atoms with Crippen LogP contribution < -0.4 is 5.32 Å². The molecular formula is C15H27N3. The number of nitrogens with one attached hydrogen (secondary N) is 1. The van der Waals surface area contributed by atoms with Crippen LogP contribution in [0.3, 0.4) is 0 Å². The van der Waals surface area contributed by atoms with E-state index in [4.69, 9.17) is 0 Å². The highest BCUT2D eigenvalue weighted by molar-refractivity contribution is 5.07. The van der Waals surface area contributed by atoms with Gasteiger partial charge >= 0.3 is 0 Å². The lowest BCUT2D eigenvalue weighted by Gasteiger charge is -2.25. The van der Waals surface area contributed by atoms with Crippen LogP contribution in [0.15, 0.2) is 12.3 Å². The van der Waals surface area contributed by atoms with Crippen LogP contribution in [0.25, 0.3) is 0 Å². The molecule has 1 aromatic heterocycles. The van der Waals surface area contributed by atoms with E-state index in [1.807, 2.05) is 11.7 Å². The minimum atomic E-state index is 0.462. The fourth-order valence-corrected chi connectivity index (χ4v) is 3.06.